The molecule has 45 heteroatoms. The number of sulfone groups is 1. The normalized spacial score (nSPS) is 12.7. The van der Waals surface area contributed by atoms with Crippen molar-refractivity contribution < 1.29 is 122 Å². The molecule has 0 aliphatic carbocycles. The number of methoxy groups -OCH3 is 6. The zero-order valence-corrected chi connectivity index (χ0v) is 61.4. The highest BCUT2D eigenvalue weighted by Gasteiger charge is 2.46. The number of benzene rings is 4. The number of pyridine rings is 1. The first-order chi connectivity index (χ1) is 50.6. The second kappa shape index (κ2) is 34.2. The number of alkyl halides is 6. The predicted octanol–water partition coefficient (Wildman–Crippen LogP) is 6.56. The Morgan fingerprint density at radius 3 is 1.76 bits per heavy atom. The third kappa shape index (κ3) is 20.4. The molecule has 578 valence electrons. The van der Waals surface area contributed by atoms with Crippen molar-refractivity contribution in [3.63, 3.8) is 0 Å². The van der Waals surface area contributed by atoms with Gasteiger partial charge in [-0.15, -0.1) is 5.10 Å². The molecule has 0 saturated heterocycles. The van der Waals surface area contributed by atoms with E-state index in [9.17, 15) is 84.3 Å². The van der Waals surface area contributed by atoms with Crippen LogP contribution in [-0.4, -0.2) is 174 Å². The van der Waals surface area contributed by atoms with E-state index in [1.165, 1.54) is 60.6 Å². The minimum absolute atomic E-state index is 0.0408. The Balaban J connectivity index is 0.000000203. The molecule has 108 heavy (non-hydrogen) atoms. The quantitative estimate of drug-likeness (QED) is 0.0272. The molecule has 0 spiro atoms. The van der Waals surface area contributed by atoms with Gasteiger partial charge in [-0.3, -0.25) is 10.1 Å². The van der Waals surface area contributed by atoms with Crippen LogP contribution in [0, 0.1) is 6.92 Å². The number of hydrogen-bond acceptors (Lipinski definition) is 29. The molecule has 10 rings (SSSR count). The molecule has 0 atom stereocenters. The average Bonchev–Trinajstić information content (AvgIpc) is 1.48. The lowest BCUT2D eigenvalue weighted by molar-refractivity contribution is -0.140. The topological polar surface area (TPSA) is 459 Å². The number of anilines is 2. The van der Waals surface area contributed by atoms with Crippen molar-refractivity contribution in [3.8, 4) is 35.3 Å². The number of amides is 2. The highest BCUT2D eigenvalue weighted by Crippen LogP contribution is 2.42. The summed E-state index contributed by atoms with van der Waals surface area (Å²) in [7, 11) is -8.48. The second-order valence-electron chi connectivity index (χ2n) is 21.8. The highest BCUT2D eigenvalue weighted by molar-refractivity contribution is 7.93. The maximum absolute atomic E-state index is 13.3. The Bertz CT molecular complexity index is 5290. The molecule has 0 fully saturated rings. The molecular weight excluding hydrogens is 1530 g/mol. The van der Waals surface area contributed by atoms with Crippen LogP contribution in [-0.2, 0) is 90.6 Å². The first-order valence-corrected chi connectivity index (χ1v) is 37.0. The lowest BCUT2D eigenvalue weighted by Gasteiger charge is -2.27. The number of sulfonamides is 3. The predicted molar refractivity (Wildman–Crippen MR) is 365 cm³/mol. The van der Waals surface area contributed by atoms with E-state index in [2.05, 4.69) is 55.0 Å². The van der Waals surface area contributed by atoms with Crippen molar-refractivity contribution in [3.05, 3.63) is 172 Å². The summed E-state index contributed by atoms with van der Waals surface area (Å²) in [5.41, 5.74) is -1.95. The maximum atomic E-state index is 13.3. The SMILES string of the molecule is CCOC(=O)C1=NOC(c2ccccc2)(c2ccccc2)C1.COC(=O)c1ccc(CNS(C)(=O)=O)cc1S(=O)(=O)NC(=O)Nc1nc(OC)cc(OC)n1.COc1cc(OC)n2nc(NS(=O)(=O)c3c(C(F)(F)F)ccnc3OC)nc2n1.Cc1nn(C)c(O)c1C(=O)c1ccc(C(F)(F)F)cc1S(C)(=O)=O. The number of urea groups is 1. The standard InChI is InChI=1S/C18H17NO3.C17H21N5O9S2.C14H13F3N6O5S.C14H13F3N2O4S/c1-2-21-17(20)16-13-18(22-19-16,14-9-5-3-6-10-14)15-11-7-4-8-12-15;1-29-13-8-14(30-2)20-16(19-13)21-17(24)22-33(27,28)12-7-10(9-18-32(4,25)26)5-6-11(12)15(23)31-3;1-26-8-6-9(27-2)23-13(19-8)20-12(21-23)22-29(24,25)10-7(14(15,16)17)4-5-18-11(10)28-3;1-7-11(13(21)19(2)18-7)12(20)9-5-4-8(14(15,16)17)6-10(9)24(3,22)23/h3-12H,2,13H2,1H3;5-8,18H,9H2,1-4H3,(H2,19,20,21,22,24);4-6H,1-3H3,(H,21,22);4-6,21H,1-3H3. The minimum Gasteiger partial charge on any atom is -0.493 e. The summed E-state index contributed by atoms with van der Waals surface area (Å²) >= 11 is 0. The van der Waals surface area contributed by atoms with Crippen LogP contribution >= 0.6 is 0 Å². The van der Waals surface area contributed by atoms with Crippen LogP contribution < -0.4 is 43.2 Å². The summed E-state index contributed by atoms with van der Waals surface area (Å²) < 4.78 is 218. The van der Waals surface area contributed by atoms with E-state index in [0.717, 1.165) is 65.2 Å². The van der Waals surface area contributed by atoms with Gasteiger partial charge in [-0.25, -0.2) is 71.9 Å². The smallest absolute Gasteiger partial charge is 0.418 e. The van der Waals surface area contributed by atoms with E-state index in [1.807, 2.05) is 65.4 Å². The van der Waals surface area contributed by atoms with Gasteiger partial charge in [0.1, 0.15) is 10.5 Å². The van der Waals surface area contributed by atoms with Crippen LogP contribution in [0.25, 0.3) is 5.78 Å². The minimum atomic E-state index is -4.98. The lowest BCUT2D eigenvalue weighted by atomic mass is 9.82. The van der Waals surface area contributed by atoms with Crippen LogP contribution in [0.15, 0.2) is 141 Å². The number of carbonyl (C=O) groups is 4. The number of ether oxygens (including phenoxy) is 7. The van der Waals surface area contributed by atoms with E-state index in [1.54, 1.807) is 11.6 Å². The van der Waals surface area contributed by atoms with Crippen molar-refractivity contribution >= 4 is 87.0 Å². The number of aromatic hydroxyl groups is 1. The molecule has 9 aromatic rings. The van der Waals surface area contributed by atoms with E-state index in [0.29, 0.717) is 43.2 Å². The largest absolute Gasteiger partial charge is 0.493 e. The Morgan fingerprint density at radius 1 is 0.657 bits per heavy atom. The first kappa shape index (κ1) is 83.4. The number of esters is 2. The number of aromatic nitrogens is 9. The Kier molecular flexibility index (Phi) is 26.4. The van der Waals surface area contributed by atoms with E-state index < -0.39 is 131 Å². The number of nitrogens with one attached hydrogen (secondary N) is 4. The monoisotopic (exact) mass is 1590 g/mol. The van der Waals surface area contributed by atoms with Crippen LogP contribution in [0.2, 0.25) is 0 Å². The number of fused-ring (bicyclic) bond motifs is 1. The number of oxime groups is 1. The molecule has 5 aromatic heterocycles. The number of carbonyl (C=O) groups excluding carboxylic acids is 4. The van der Waals surface area contributed by atoms with Gasteiger partial charge in [0.15, 0.2) is 26.0 Å². The van der Waals surface area contributed by atoms with E-state index >= 15 is 0 Å². The summed E-state index contributed by atoms with van der Waals surface area (Å²) in [5, 5.41) is 23.7. The van der Waals surface area contributed by atoms with E-state index in [4.69, 9.17) is 33.3 Å². The van der Waals surface area contributed by atoms with Gasteiger partial charge < -0.3 is 43.1 Å². The molecule has 1 aliphatic rings. The van der Waals surface area contributed by atoms with Crippen molar-refractivity contribution in [2.75, 3.05) is 71.8 Å². The van der Waals surface area contributed by atoms with Crippen LogP contribution in [0.5, 0.6) is 35.3 Å². The van der Waals surface area contributed by atoms with Gasteiger partial charge in [-0.05, 0) is 55.8 Å². The van der Waals surface area contributed by atoms with Crippen molar-refractivity contribution in [2.45, 2.75) is 59.5 Å². The Morgan fingerprint density at radius 2 is 1.25 bits per heavy atom. The number of hydrogen-bond donors (Lipinski definition) is 5. The van der Waals surface area contributed by atoms with Gasteiger partial charge in [-0.2, -0.15) is 55.9 Å². The summed E-state index contributed by atoms with van der Waals surface area (Å²) in [4.78, 5) is 71.1. The Hall–Kier alpha value is -11.8. The number of aryl methyl sites for hydroxylation is 2. The number of nitrogens with zero attached hydrogens (tertiary/aromatic N) is 10. The molecule has 1 aliphatic heterocycles. The lowest BCUT2D eigenvalue weighted by Crippen LogP contribution is -2.35. The summed E-state index contributed by atoms with van der Waals surface area (Å²) in [6.45, 7) is 3.25. The zero-order chi connectivity index (χ0) is 80.1. The van der Waals surface area contributed by atoms with Gasteiger partial charge in [0.25, 0.3) is 31.8 Å². The van der Waals surface area contributed by atoms with Crippen LogP contribution in [0.4, 0.5) is 43.0 Å². The van der Waals surface area contributed by atoms with Crippen molar-refractivity contribution in [2.24, 2.45) is 12.2 Å². The fraction of sp³-hybridized carbons (Fsp3) is 0.270. The van der Waals surface area contributed by atoms with Crippen LogP contribution in [0.3, 0.4) is 0 Å². The molecule has 0 bridgehead atoms. The second-order valence-corrected chi connectivity index (χ2v) is 28.9. The van der Waals surface area contributed by atoms with Gasteiger partial charge in [0.05, 0.1) is 101 Å². The molecule has 4 aromatic carbocycles. The molecule has 5 N–H and O–H groups in total. The molecule has 0 saturated carbocycles. The van der Waals surface area contributed by atoms with Gasteiger partial charge in [0.2, 0.25) is 57.0 Å². The molecule has 35 nitrogen and oxygen atoms in total. The van der Waals surface area contributed by atoms with Crippen molar-refractivity contribution in [1.29, 1.82) is 0 Å². The van der Waals surface area contributed by atoms with Gasteiger partial charge in [-0.1, -0.05) is 71.9 Å². The fourth-order valence-corrected chi connectivity index (χ4v) is 13.3. The van der Waals surface area contributed by atoms with Crippen molar-refractivity contribution in [1.82, 2.24) is 53.8 Å². The fourth-order valence-electron chi connectivity index (χ4n) is 9.60. The van der Waals surface area contributed by atoms with Gasteiger partial charge in [0, 0.05) is 42.7 Å². The van der Waals surface area contributed by atoms with E-state index in [-0.39, 0.29) is 64.2 Å². The summed E-state index contributed by atoms with van der Waals surface area (Å²) in [6.07, 6.45) is -6.97. The summed E-state index contributed by atoms with van der Waals surface area (Å²) in [5.74, 6) is -4.29. The summed E-state index contributed by atoms with van der Waals surface area (Å²) in [6, 6.07) is 26.9. The highest BCUT2D eigenvalue weighted by atomic mass is 32.2. The molecule has 2 amide bonds. The number of ketones is 1. The van der Waals surface area contributed by atoms with Crippen LogP contribution in [0.1, 0.15) is 73.1 Å². The van der Waals surface area contributed by atoms with Gasteiger partial charge >= 0.3 is 30.3 Å². The zero-order valence-electron chi connectivity index (χ0n) is 58.2. The molecule has 6 heterocycles. The third-order valence-electron chi connectivity index (χ3n) is 14.5. The molecule has 0 radical (unpaired) electrons. The third-order valence-corrected chi connectivity index (χ3v) is 19.0. The average molecular weight is 1600 g/mol. The molecular formula is C63H64F6N14O21S4. The molecule has 0 unspecified atom stereocenters. The Labute approximate surface area is 610 Å². The number of halogens is 6. The first-order valence-electron chi connectivity index (χ1n) is 30.3. The maximum Gasteiger partial charge on any atom is 0.418 e. The number of rotatable bonds is 22.